The van der Waals surface area contributed by atoms with E-state index in [1.807, 2.05) is 6.92 Å². The van der Waals surface area contributed by atoms with Crippen LogP contribution in [0.2, 0.25) is 0 Å². The van der Waals surface area contributed by atoms with Crippen molar-refractivity contribution in [2.45, 2.75) is 45.7 Å². The number of unbranched alkanes of at least 4 members (excludes halogenated alkanes) is 1. The van der Waals surface area contributed by atoms with Gasteiger partial charge in [0.2, 0.25) is 5.91 Å². The largest absolute Gasteiger partial charge is 0.396 e. The molecule has 5 nitrogen and oxygen atoms in total. The Bertz CT molecular complexity index is 334. The summed E-state index contributed by atoms with van der Waals surface area (Å²) in [6.45, 7) is 4.39. The summed E-state index contributed by atoms with van der Waals surface area (Å²) in [6.07, 6.45) is 6.49. The third kappa shape index (κ3) is 4.33. The average molecular weight is 224 g/mol. The molecule has 1 aromatic rings. The van der Waals surface area contributed by atoms with E-state index in [1.165, 1.54) is 10.9 Å². The van der Waals surface area contributed by atoms with Gasteiger partial charge in [-0.1, -0.05) is 19.8 Å². The van der Waals surface area contributed by atoms with Gasteiger partial charge in [0.1, 0.15) is 6.54 Å². The van der Waals surface area contributed by atoms with Crippen LogP contribution in [-0.4, -0.2) is 21.7 Å². The summed E-state index contributed by atoms with van der Waals surface area (Å²) in [6, 6.07) is 0.223. The van der Waals surface area contributed by atoms with Crippen molar-refractivity contribution >= 4 is 11.6 Å². The number of rotatable bonds is 6. The highest BCUT2D eigenvalue weighted by atomic mass is 16.2. The molecule has 0 aliphatic carbocycles. The number of hydrogen-bond acceptors (Lipinski definition) is 3. The van der Waals surface area contributed by atoms with E-state index in [0.717, 1.165) is 19.3 Å². The smallest absolute Gasteiger partial charge is 0.241 e. The summed E-state index contributed by atoms with van der Waals surface area (Å²) in [5.74, 6) is -0.0216. The fraction of sp³-hybridized carbons (Fsp3) is 0.636. The third-order valence-corrected chi connectivity index (χ3v) is 2.36. The molecule has 0 aromatic carbocycles. The topological polar surface area (TPSA) is 72.9 Å². The molecule has 90 valence electrons. The molecule has 0 aliphatic heterocycles. The first kappa shape index (κ1) is 12.5. The Morgan fingerprint density at radius 3 is 3.00 bits per heavy atom. The summed E-state index contributed by atoms with van der Waals surface area (Å²) in [7, 11) is 0. The van der Waals surface area contributed by atoms with Crippen molar-refractivity contribution in [2.24, 2.45) is 0 Å². The molecule has 1 atom stereocenters. The molecule has 1 unspecified atom stereocenters. The van der Waals surface area contributed by atoms with E-state index >= 15 is 0 Å². The van der Waals surface area contributed by atoms with Crippen LogP contribution in [0.25, 0.3) is 0 Å². The lowest BCUT2D eigenvalue weighted by Gasteiger charge is -2.13. The Hall–Kier alpha value is -1.52. The lowest BCUT2D eigenvalue weighted by Crippen LogP contribution is -2.35. The number of anilines is 1. The normalized spacial score (nSPS) is 12.4. The molecule has 0 bridgehead atoms. The van der Waals surface area contributed by atoms with Crippen molar-refractivity contribution in [3.8, 4) is 0 Å². The minimum atomic E-state index is -0.0216. The number of hydrogen-bond donors (Lipinski definition) is 2. The highest BCUT2D eigenvalue weighted by molar-refractivity contribution is 5.75. The summed E-state index contributed by atoms with van der Waals surface area (Å²) >= 11 is 0. The SMILES string of the molecule is CCCCC(C)NC(=O)Cn1cc(N)cn1. The van der Waals surface area contributed by atoms with Gasteiger partial charge in [-0.25, -0.2) is 0 Å². The Labute approximate surface area is 96.0 Å². The molecule has 0 spiro atoms. The van der Waals surface area contributed by atoms with Gasteiger partial charge in [-0.15, -0.1) is 0 Å². The molecule has 0 fully saturated rings. The number of nitrogens with zero attached hydrogens (tertiary/aromatic N) is 2. The summed E-state index contributed by atoms with van der Waals surface area (Å²) in [5.41, 5.74) is 6.08. The third-order valence-electron chi connectivity index (χ3n) is 2.36. The molecule has 16 heavy (non-hydrogen) atoms. The van der Waals surface area contributed by atoms with Crippen molar-refractivity contribution in [3.05, 3.63) is 12.4 Å². The van der Waals surface area contributed by atoms with Gasteiger partial charge < -0.3 is 11.1 Å². The highest BCUT2D eigenvalue weighted by Gasteiger charge is 2.07. The van der Waals surface area contributed by atoms with Crippen LogP contribution in [0.4, 0.5) is 5.69 Å². The van der Waals surface area contributed by atoms with Gasteiger partial charge in [0, 0.05) is 12.2 Å². The van der Waals surface area contributed by atoms with Crippen molar-refractivity contribution in [3.63, 3.8) is 0 Å². The van der Waals surface area contributed by atoms with E-state index < -0.39 is 0 Å². The Morgan fingerprint density at radius 2 is 2.44 bits per heavy atom. The monoisotopic (exact) mass is 224 g/mol. The van der Waals surface area contributed by atoms with Crippen LogP contribution < -0.4 is 11.1 Å². The molecule has 0 saturated heterocycles. The summed E-state index contributed by atoms with van der Waals surface area (Å²) in [4.78, 5) is 11.6. The standard InChI is InChI=1S/C11H20N4O/c1-3-4-5-9(2)14-11(16)8-15-7-10(12)6-13-15/h6-7,9H,3-5,8,12H2,1-2H3,(H,14,16). The molecule has 3 N–H and O–H groups in total. The van der Waals surface area contributed by atoms with Gasteiger partial charge >= 0.3 is 0 Å². The maximum atomic E-state index is 11.6. The fourth-order valence-corrected chi connectivity index (χ4v) is 1.52. The van der Waals surface area contributed by atoms with Crippen molar-refractivity contribution in [2.75, 3.05) is 5.73 Å². The van der Waals surface area contributed by atoms with Gasteiger partial charge in [-0.2, -0.15) is 5.10 Å². The van der Waals surface area contributed by atoms with Gasteiger partial charge in [-0.05, 0) is 13.3 Å². The van der Waals surface area contributed by atoms with E-state index in [0.29, 0.717) is 5.69 Å². The number of aromatic nitrogens is 2. The molecular formula is C11H20N4O. The van der Waals surface area contributed by atoms with Crippen LogP contribution in [0.5, 0.6) is 0 Å². The first-order chi connectivity index (χ1) is 7.61. The Morgan fingerprint density at radius 1 is 1.69 bits per heavy atom. The predicted molar refractivity (Wildman–Crippen MR) is 63.8 cm³/mol. The second-order valence-corrected chi connectivity index (χ2v) is 4.08. The van der Waals surface area contributed by atoms with E-state index in [4.69, 9.17) is 5.73 Å². The van der Waals surface area contributed by atoms with Crippen molar-refractivity contribution < 1.29 is 4.79 Å². The molecule has 1 rings (SSSR count). The number of nitrogens with two attached hydrogens (primary N) is 1. The van der Waals surface area contributed by atoms with Crippen molar-refractivity contribution in [1.82, 2.24) is 15.1 Å². The van der Waals surface area contributed by atoms with E-state index in [1.54, 1.807) is 6.20 Å². The zero-order chi connectivity index (χ0) is 12.0. The summed E-state index contributed by atoms with van der Waals surface area (Å²) in [5, 5.41) is 6.89. The molecule has 0 radical (unpaired) electrons. The second-order valence-electron chi connectivity index (χ2n) is 4.08. The molecule has 1 aromatic heterocycles. The molecule has 1 heterocycles. The minimum absolute atomic E-state index is 0.0216. The van der Waals surface area contributed by atoms with Crippen LogP contribution >= 0.6 is 0 Å². The number of carbonyl (C=O) groups is 1. The number of amides is 1. The van der Waals surface area contributed by atoms with Crippen LogP contribution in [0.15, 0.2) is 12.4 Å². The summed E-state index contributed by atoms with van der Waals surface area (Å²) < 4.78 is 1.54. The van der Waals surface area contributed by atoms with Gasteiger partial charge in [0.05, 0.1) is 11.9 Å². The van der Waals surface area contributed by atoms with Gasteiger partial charge in [-0.3, -0.25) is 9.48 Å². The number of nitrogen functional groups attached to an aromatic ring is 1. The van der Waals surface area contributed by atoms with Crippen LogP contribution in [0.1, 0.15) is 33.1 Å². The number of carbonyl (C=O) groups excluding carboxylic acids is 1. The highest BCUT2D eigenvalue weighted by Crippen LogP contribution is 2.00. The van der Waals surface area contributed by atoms with E-state index in [-0.39, 0.29) is 18.5 Å². The first-order valence-corrected chi connectivity index (χ1v) is 5.69. The average Bonchev–Trinajstić information content (AvgIpc) is 2.60. The maximum absolute atomic E-state index is 11.6. The quantitative estimate of drug-likeness (QED) is 0.761. The molecular weight excluding hydrogens is 204 g/mol. The molecule has 0 aliphatic rings. The van der Waals surface area contributed by atoms with Crippen LogP contribution in [-0.2, 0) is 11.3 Å². The zero-order valence-electron chi connectivity index (χ0n) is 9.94. The Balaban J connectivity index is 2.30. The van der Waals surface area contributed by atoms with Crippen LogP contribution in [0.3, 0.4) is 0 Å². The predicted octanol–water partition coefficient (Wildman–Crippen LogP) is 1.16. The van der Waals surface area contributed by atoms with Gasteiger partial charge in [0.15, 0.2) is 0 Å². The first-order valence-electron chi connectivity index (χ1n) is 5.69. The number of nitrogens with one attached hydrogen (secondary N) is 1. The van der Waals surface area contributed by atoms with Crippen LogP contribution in [0, 0.1) is 0 Å². The molecule has 1 amide bonds. The van der Waals surface area contributed by atoms with E-state index in [2.05, 4.69) is 17.3 Å². The van der Waals surface area contributed by atoms with E-state index in [9.17, 15) is 4.79 Å². The second kappa shape index (κ2) is 6.15. The molecule has 0 saturated carbocycles. The van der Waals surface area contributed by atoms with Crippen molar-refractivity contribution in [1.29, 1.82) is 0 Å². The fourth-order valence-electron chi connectivity index (χ4n) is 1.52. The van der Waals surface area contributed by atoms with Gasteiger partial charge in [0.25, 0.3) is 0 Å². The lowest BCUT2D eigenvalue weighted by molar-refractivity contribution is -0.122. The zero-order valence-corrected chi connectivity index (χ0v) is 9.94. The lowest BCUT2D eigenvalue weighted by atomic mass is 10.1. The maximum Gasteiger partial charge on any atom is 0.241 e. The molecule has 5 heteroatoms. The minimum Gasteiger partial charge on any atom is -0.396 e. The Kier molecular flexibility index (Phi) is 4.82.